The Labute approximate surface area is 176 Å². The Morgan fingerprint density at radius 2 is 1.97 bits per heavy atom. The van der Waals surface area contributed by atoms with Gasteiger partial charge in [-0.3, -0.25) is 14.4 Å². The molecule has 5 rings (SSSR count). The van der Waals surface area contributed by atoms with Gasteiger partial charge in [0.1, 0.15) is 17.6 Å². The van der Waals surface area contributed by atoms with Gasteiger partial charge in [0.2, 0.25) is 0 Å². The summed E-state index contributed by atoms with van der Waals surface area (Å²) in [6.45, 7) is 10.1. The summed E-state index contributed by atoms with van der Waals surface area (Å²) in [5, 5.41) is 0. The molecule has 0 unspecified atom stereocenters. The number of hydrogen-bond donors (Lipinski definition) is 0. The summed E-state index contributed by atoms with van der Waals surface area (Å²) in [6, 6.07) is 0. The minimum atomic E-state index is -1.35. The van der Waals surface area contributed by atoms with Crippen molar-refractivity contribution in [1.82, 2.24) is 0 Å². The summed E-state index contributed by atoms with van der Waals surface area (Å²) in [6.07, 6.45) is 1.00. The van der Waals surface area contributed by atoms with Crippen LogP contribution in [0.1, 0.15) is 46.5 Å². The highest BCUT2D eigenvalue weighted by atomic mass is 16.7. The van der Waals surface area contributed by atoms with Crippen LogP contribution in [0.2, 0.25) is 0 Å². The molecule has 3 aliphatic carbocycles. The molecule has 2 aliphatic heterocycles. The molecule has 2 bridgehead atoms. The van der Waals surface area contributed by atoms with Gasteiger partial charge >= 0.3 is 11.9 Å². The van der Waals surface area contributed by atoms with Gasteiger partial charge in [-0.05, 0) is 42.6 Å². The standard InChI is InChI=1S/C23H30O7/c1-11-13-8-14(29-12(2)24)16-22(9-13,18(11)25)20(26)30-15-6-7-21(3,4)17-19(27-5)28-10-23(15,16)17/h13-17,19H,1,6-10H2,2-5H3/t13-,14-,15+,16-,17-,19-,22+,23+/m1/s1. The number of allylic oxidation sites excluding steroid dienone is 1. The lowest BCUT2D eigenvalue weighted by atomic mass is 9.43. The molecule has 0 N–H and O–H groups in total. The summed E-state index contributed by atoms with van der Waals surface area (Å²) in [7, 11) is 1.62. The normalized spacial score (nSPS) is 48.5. The van der Waals surface area contributed by atoms with E-state index in [1.807, 2.05) is 0 Å². The first-order valence-electron chi connectivity index (χ1n) is 10.9. The first kappa shape index (κ1) is 20.2. The smallest absolute Gasteiger partial charge is 0.320 e. The van der Waals surface area contributed by atoms with Crippen LogP contribution >= 0.6 is 0 Å². The fourth-order valence-corrected chi connectivity index (χ4v) is 7.81. The Morgan fingerprint density at radius 1 is 1.23 bits per heavy atom. The number of esters is 2. The number of carbonyl (C=O) groups excluding carboxylic acids is 3. The second-order valence-corrected chi connectivity index (χ2v) is 10.5. The summed E-state index contributed by atoms with van der Waals surface area (Å²) in [5.74, 6) is -1.90. The van der Waals surface area contributed by atoms with Crippen molar-refractivity contribution in [3.63, 3.8) is 0 Å². The van der Waals surface area contributed by atoms with Crippen LogP contribution in [0.25, 0.3) is 0 Å². The summed E-state index contributed by atoms with van der Waals surface area (Å²) >= 11 is 0. The molecule has 5 fully saturated rings. The highest BCUT2D eigenvalue weighted by Crippen LogP contribution is 2.71. The van der Waals surface area contributed by atoms with Crippen LogP contribution in [0.3, 0.4) is 0 Å². The maximum absolute atomic E-state index is 13.5. The Balaban J connectivity index is 1.74. The van der Waals surface area contributed by atoms with E-state index in [-0.39, 0.29) is 23.0 Å². The molecule has 8 atom stereocenters. The summed E-state index contributed by atoms with van der Waals surface area (Å²) in [5.41, 5.74) is -1.71. The van der Waals surface area contributed by atoms with Crippen molar-refractivity contribution in [2.45, 2.75) is 65.0 Å². The van der Waals surface area contributed by atoms with E-state index in [1.165, 1.54) is 6.92 Å². The third-order valence-corrected chi connectivity index (χ3v) is 8.76. The van der Waals surface area contributed by atoms with Crippen LogP contribution in [-0.4, -0.2) is 49.9 Å². The molecular weight excluding hydrogens is 388 g/mol. The number of ether oxygens (including phenoxy) is 4. The van der Waals surface area contributed by atoms with Crippen LogP contribution in [0.15, 0.2) is 12.2 Å². The molecule has 2 heterocycles. The Hall–Kier alpha value is -1.73. The molecule has 30 heavy (non-hydrogen) atoms. The fourth-order valence-electron chi connectivity index (χ4n) is 7.81. The van der Waals surface area contributed by atoms with Crippen molar-refractivity contribution < 1.29 is 33.3 Å². The number of Topliss-reactive ketones (excluding diaryl/α,β-unsaturated/α-hetero) is 1. The molecule has 0 aromatic heterocycles. The molecule has 7 nitrogen and oxygen atoms in total. The minimum absolute atomic E-state index is 0.0972. The highest BCUT2D eigenvalue weighted by molar-refractivity contribution is 6.15. The molecule has 0 aromatic rings. The lowest BCUT2D eigenvalue weighted by Crippen LogP contribution is -2.71. The summed E-state index contributed by atoms with van der Waals surface area (Å²) in [4.78, 5) is 39.1. The van der Waals surface area contributed by atoms with Gasteiger partial charge in [0, 0.05) is 31.3 Å². The fraction of sp³-hybridized carbons (Fsp3) is 0.783. The van der Waals surface area contributed by atoms with Gasteiger partial charge in [0.25, 0.3) is 0 Å². The van der Waals surface area contributed by atoms with Gasteiger partial charge in [-0.15, -0.1) is 0 Å². The number of rotatable bonds is 2. The second kappa shape index (κ2) is 6.16. The SMILES string of the molecule is C=C1C(=O)[C@]23C[C@H]1C[C@@H](OC(C)=O)[C@H]2[C@@]12CO[C@@H](OC)[C@@H]1C(C)(C)CC[C@@H]2OC3=O. The number of methoxy groups -OCH3 is 1. The molecule has 0 radical (unpaired) electrons. The van der Waals surface area contributed by atoms with E-state index in [9.17, 15) is 14.4 Å². The largest absolute Gasteiger partial charge is 0.462 e. The minimum Gasteiger partial charge on any atom is -0.462 e. The van der Waals surface area contributed by atoms with Crippen molar-refractivity contribution in [2.24, 2.45) is 34.0 Å². The van der Waals surface area contributed by atoms with Gasteiger partial charge in [-0.1, -0.05) is 20.4 Å². The first-order valence-corrected chi connectivity index (χ1v) is 10.9. The zero-order valence-electron chi connectivity index (χ0n) is 18.1. The van der Waals surface area contributed by atoms with Gasteiger partial charge in [-0.25, -0.2) is 0 Å². The number of hydrogen-bond acceptors (Lipinski definition) is 7. The van der Waals surface area contributed by atoms with E-state index in [0.29, 0.717) is 31.4 Å². The van der Waals surface area contributed by atoms with Crippen LogP contribution in [0, 0.1) is 34.0 Å². The molecule has 2 saturated heterocycles. The first-order chi connectivity index (χ1) is 14.1. The molecule has 164 valence electrons. The van der Waals surface area contributed by atoms with Gasteiger partial charge in [-0.2, -0.15) is 0 Å². The van der Waals surface area contributed by atoms with Crippen molar-refractivity contribution in [2.75, 3.05) is 13.7 Å². The van der Waals surface area contributed by atoms with Gasteiger partial charge < -0.3 is 18.9 Å². The van der Waals surface area contributed by atoms with E-state index in [2.05, 4.69) is 20.4 Å². The van der Waals surface area contributed by atoms with Crippen LogP contribution in [0.4, 0.5) is 0 Å². The topological polar surface area (TPSA) is 88.1 Å². The van der Waals surface area contributed by atoms with Gasteiger partial charge in [0.05, 0.1) is 6.61 Å². The van der Waals surface area contributed by atoms with Crippen LogP contribution in [-0.2, 0) is 33.3 Å². The lowest BCUT2D eigenvalue weighted by Gasteiger charge is -2.62. The van der Waals surface area contributed by atoms with Gasteiger partial charge in [0.15, 0.2) is 12.1 Å². The van der Waals surface area contributed by atoms with Crippen LogP contribution < -0.4 is 0 Å². The average molecular weight is 418 g/mol. The van der Waals surface area contributed by atoms with Crippen LogP contribution in [0.5, 0.6) is 0 Å². The summed E-state index contributed by atoms with van der Waals surface area (Å²) < 4.78 is 23.8. The molecule has 2 spiro atoms. The maximum atomic E-state index is 13.5. The predicted molar refractivity (Wildman–Crippen MR) is 104 cm³/mol. The molecule has 5 aliphatic rings. The third kappa shape index (κ3) is 2.20. The zero-order chi connectivity index (χ0) is 21.6. The molecule has 0 amide bonds. The maximum Gasteiger partial charge on any atom is 0.320 e. The van der Waals surface area contributed by atoms with E-state index in [4.69, 9.17) is 18.9 Å². The number of ketones is 1. The second-order valence-electron chi connectivity index (χ2n) is 10.5. The lowest BCUT2D eigenvalue weighted by molar-refractivity contribution is -0.255. The monoisotopic (exact) mass is 418 g/mol. The van der Waals surface area contributed by atoms with E-state index in [0.717, 1.165) is 6.42 Å². The molecular formula is C23H30O7. The van der Waals surface area contributed by atoms with E-state index >= 15 is 0 Å². The van der Waals surface area contributed by atoms with Crippen molar-refractivity contribution in [3.05, 3.63) is 12.2 Å². The quantitative estimate of drug-likeness (QED) is 0.387. The van der Waals surface area contributed by atoms with Crippen molar-refractivity contribution in [1.29, 1.82) is 0 Å². The average Bonchev–Trinajstić information content (AvgIpc) is 3.16. The Kier molecular flexibility index (Phi) is 4.15. The van der Waals surface area contributed by atoms with Crippen molar-refractivity contribution >= 4 is 17.7 Å². The Morgan fingerprint density at radius 3 is 2.63 bits per heavy atom. The molecule has 3 saturated carbocycles. The van der Waals surface area contributed by atoms with E-state index in [1.54, 1.807) is 7.11 Å². The van der Waals surface area contributed by atoms with E-state index < -0.39 is 47.2 Å². The zero-order valence-corrected chi connectivity index (χ0v) is 18.1. The molecule has 7 heteroatoms. The number of fused-ring (bicyclic) bond motifs is 1. The third-order valence-electron chi connectivity index (χ3n) is 8.76. The van der Waals surface area contributed by atoms with Crippen molar-refractivity contribution in [3.8, 4) is 0 Å². The predicted octanol–water partition coefficient (Wildman–Crippen LogP) is 2.42. The Bertz CT molecular complexity index is 846. The highest BCUT2D eigenvalue weighted by Gasteiger charge is 2.80. The number of carbonyl (C=O) groups is 3. The molecule has 0 aromatic carbocycles.